The van der Waals surface area contributed by atoms with E-state index < -0.39 is 5.97 Å². The Morgan fingerprint density at radius 3 is 2.57 bits per heavy atom. The van der Waals surface area contributed by atoms with Crippen molar-refractivity contribution in [1.82, 2.24) is 4.90 Å². The molecule has 1 aliphatic rings. The van der Waals surface area contributed by atoms with Crippen molar-refractivity contribution in [3.8, 4) is 11.5 Å². The number of carbonyl (C=O) groups is 2. The van der Waals surface area contributed by atoms with Gasteiger partial charge in [0.1, 0.15) is 5.00 Å². The van der Waals surface area contributed by atoms with Crippen LogP contribution in [0.25, 0.3) is 0 Å². The fourth-order valence-electron chi connectivity index (χ4n) is 3.29. The van der Waals surface area contributed by atoms with E-state index in [9.17, 15) is 9.59 Å². The molecule has 2 heterocycles. The molecule has 150 valence electrons. The van der Waals surface area contributed by atoms with Gasteiger partial charge in [-0.1, -0.05) is 6.92 Å². The summed E-state index contributed by atoms with van der Waals surface area (Å²) in [6.45, 7) is 4.71. The van der Waals surface area contributed by atoms with E-state index in [2.05, 4.69) is 17.1 Å². The van der Waals surface area contributed by atoms with Crippen LogP contribution in [0.1, 0.15) is 38.1 Å². The highest BCUT2D eigenvalue weighted by atomic mass is 32.1. The second-order valence-corrected chi connectivity index (χ2v) is 7.45. The molecule has 28 heavy (non-hydrogen) atoms. The van der Waals surface area contributed by atoms with E-state index in [0.29, 0.717) is 27.6 Å². The molecule has 0 bridgehead atoms. The minimum atomic E-state index is -0.426. The molecule has 1 amide bonds. The average Bonchev–Trinajstić information content (AvgIpc) is 3.09. The minimum Gasteiger partial charge on any atom is -0.493 e. The number of ether oxygens (including phenoxy) is 3. The first kappa shape index (κ1) is 20.2. The maximum atomic E-state index is 12.8. The van der Waals surface area contributed by atoms with E-state index in [1.165, 1.54) is 32.7 Å². The largest absolute Gasteiger partial charge is 0.493 e. The molecule has 0 atom stereocenters. The predicted molar refractivity (Wildman–Crippen MR) is 108 cm³/mol. The Balaban J connectivity index is 1.92. The molecule has 1 aromatic heterocycles. The number of amides is 1. The van der Waals surface area contributed by atoms with E-state index in [4.69, 9.17) is 14.2 Å². The summed E-state index contributed by atoms with van der Waals surface area (Å²) in [5.41, 5.74) is 1.85. The number of methoxy groups -OCH3 is 3. The van der Waals surface area contributed by atoms with Crippen LogP contribution in [0.15, 0.2) is 18.2 Å². The quantitative estimate of drug-likeness (QED) is 0.745. The first-order valence-corrected chi connectivity index (χ1v) is 9.82. The minimum absolute atomic E-state index is 0.322. The van der Waals surface area contributed by atoms with Crippen LogP contribution in [0.3, 0.4) is 0 Å². The number of nitrogens with one attached hydrogen (secondary N) is 1. The second-order valence-electron chi connectivity index (χ2n) is 6.34. The van der Waals surface area contributed by atoms with Crippen LogP contribution in [0.4, 0.5) is 5.00 Å². The standard InChI is InChI=1S/C20H24N2O5S/c1-5-22-9-8-13-16(11-22)28-19(17(13)20(24)27-4)21-18(23)12-6-7-14(25-2)15(10-12)26-3/h6-7,10H,5,8-9,11H2,1-4H3,(H,21,23). The predicted octanol–water partition coefficient (Wildman–Crippen LogP) is 3.18. The lowest BCUT2D eigenvalue weighted by molar-refractivity contribution is 0.0600. The summed E-state index contributed by atoms with van der Waals surface area (Å²) >= 11 is 1.43. The number of anilines is 1. The lowest BCUT2D eigenvalue weighted by Crippen LogP contribution is -2.29. The molecule has 1 N–H and O–H groups in total. The molecule has 0 fully saturated rings. The van der Waals surface area contributed by atoms with Gasteiger partial charge in [-0.3, -0.25) is 9.69 Å². The summed E-state index contributed by atoms with van der Waals surface area (Å²) in [6.07, 6.45) is 0.760. The van der Waals surface area contributed by atoms with Crippen molar-refractivity contribution in [3.63, 3.8) is 0 Å². The molecule has 3 rings (SSSR count). The number of hydrogen-bond acceptors (Lipinski definition) is 7. The molecule has 2 aromatic rings. The molecule has 8 heteroatoms. The Kier molecular flexibility index (Phi) is 6.21. The van der Waals surface area contributed by atoms with Crippen molar-refractivity contribution in [2.75, 3.05) is 39.7 Å². The maximum absolute atomic E-state index is 12.8. The van der Waals surface area contributed by atoms with E-state index >= 15 is 0 Å². The van der Waals surface area contributed by atoms with Gasteiger partial charge in [0.25, 0.3) is 5.91 Å². The number of rotatable bonds is 6. The number of nitrogens with zero attached hydrogens (tertiary/aromatic N) is 1. The van der Waals surface area contributed by atoms with Gasteiger partial charge in [-0.05, 0) is 36.7 Å². The molecule has 0 radical (unpaired) electrons. The molecular formula is C20H24N2O5S. The number of carbonyl (C=O) groups excluding carboxylic acids is 2. The third-order valence-corrected chi connectivity index (χ3v) is 5.98. The topological polar surface area (TPSA) is 77.1 Å². The van der Waals surface area contributed by atoms with Gasteiger partial charge in [-0.25, -0.2) is 4.79 Å². The smallest absolute Gasteiger partial charge is 0.341 e. The molecule has 7 nitrogen and oxygen atoms in total. The number of hydrogen-bond donors (Lipinski definition) is 1. The Morgan fingerprint density at radius 1 is 1.18 bits per heavy atom. The van der Waals surface area contributed by atoms with Gasteiger partial charge in [0.15, 0.2) is 11.5 Å². The molecular weight excluding hydrogens is 380 g/mol. The molecule has 1 aliphatic heterocycles. The van der Waals surface area contributed by atoms with E-state index in [1.807, 2.05) is 0 Å². The van der Waals surface area contributed by atoms with E-state index in [0.717, 1.165) is 36.5 Å². The number of esters is 1. The van der Waals surface area contributed by atoms with Crippen LogP contribution in [-0.2, 0) is 17.7 Å². The van der Waals surface area contributed by atoms with Gasteiger partial charge in [0.05, 0.1) is 26.9 Å². The molecule has 1 aromatic carbocycles. The SMILES string of the molecule is CCN1CCc2c(sc(NC(=O)c3ccc(OC)c(OC)c3)c2C(=O)OC)C1. The number of benzene rings is 1. The summed E-state index contributed by atoms with van der Waals surface area (Å²) in [5, 5.41) is 3.41. The van der Waals surface area contributed by atoms with Crippen molar-refractivity contribution in [2.24, 2.45) is 0 Å². The Hall–Kier alpha value is -2.58. The van der Waals surface area contributed by atoms with Crippen molar-refractivity contribution in [3.05, 3.63) is 39.8 Å². The van der Waals surface area contributed by atoms with Gasteiger partial charge in [0, 0.05) is 23.5 Å². The van der Waals surface area contributed by atoms with Crippen LogP contribution < -0.4 is 14.8 Å². The van der Waals surface area contributed by atoms with Gasteiger partial charge >= 0.3 is 5.97 Å². The molecule has 0 saturated carbocycles. The van der Waals surface area contributed by atoms with Crippen LogP contribution in [0.2, 0.25) is 0 Å². The van der Waals surface area contributed by atoms with Gasteiger partial charge < -0.3 is 19.5 Å². The number of fused-ring (bicyclic) bond motifs is 1. The van der Waals surface area contributed by atoms with Crippen LogP contribution in [0, 0.1) is 0 Å². The highest BCUT2D eigenvalue weighted by Gasteiger charge is 2.29. The first-order valence-electron chi connectivity index (χ1n) is 9.00. The Morgan fingerprint density at radius 2 is 1.93 bits per heavy atom. The van der Waals surface area contributed by atoms with E-state index in [1.54, 1.807) is 18.2 Å². The molecule has 0 unspecified atom stereocenters. The number of thiophene rings is 1. The summed E-state index contributed by atoms with van der Waals surface area (Å²) in [5.74, 6) is 0.259. The summed E-state index contributed by atoms with van der Waals surface area (Å²) < 4.78 is 15.4. The summed E-state index contributed by atoms with van der Waals surface area (Å²) in [7, 11) is 4.41. The van der Waals surface area contributed by atoms with Crippen LogP contribution in [-0.4, -0.2) is 51.2 Å². The Labute approximate surface area is 168 Å². The van der Waals surface area contributed by atoms with Gasteiger partial charge in [-0.15, -0.1) is 11.3 Å². The van der Waals surface area contributed by atoms with Crippen molar-refractivity contribution >= 4 is 28.2 Å². The number of likely N-dealkylation sites (N-methyl/N-ethyl adjacent to an activating group) is 1. The zero-order chi connectivity index (χ0) is 20.3. The third kappa shape index (κ3) is 3.83. The fraction of sp³-hybridized carbons (Fsp3) is 0.400. The van der Waals surface area contributed by atoms with Crippen molar-refractivity contribution < 1.29 is 23.8 Å². The molecule has 0 spiro atoms. The highest BCUT2D eigenvalue weighted by Crippen LogP contribution is 2.38. The monoisotopic (exact) mass is 404 g/mol. The summed E-state index contributed by atoms with van der Waals surface area (Å²) in [4.78, 5) is 28.6. The Bertz CT molecular complexity index is 893. The van der Waals surface area contributed by atoms with E-state index in [-0.39, 0.29) is 5.91 Å². The summed E-state index contributed by atoms with van der Waals surface area (Å²) in [6, 6.07) is 4.94. The average molecular weight is 404 g/mol. The molecule has 0 aliphatic carbocycles. The maximum Gasteiger partial charge on any atom is 0.341 e. The van der Waals surface area contributed by atoms with Crippen molar-refractivity contribution in [2.45, 2.75) is 19.9 Å². The highest BCUT2D eigenvalue weighted by molar-refractivity contribution is 7.17. The first-order chi connectivity index (χ1) is 13.5. The van der Waals surface area contributed by atoms with Crippen LogP contribution in [0.5, 0.6) is 11.5 Å². The van der Waals surface area contributed by atoms with Crippen molar-refractivity contribution in [1.29, 1.82) is 0 Å². The van der Waals surface area contributed by atoms with Crippen LogP contribution >= 0.6 is 11.3 Å². The lowest BCUT2D eigenvalue weighted by atomic mass is 10.0. The fourth-order valence-corrected chi connectivity index (χ4v) is 4.56. The van der Waals surface area contributed by atoms with Gasteiger partial charge in [-0.2, -0.15) is 0 Å². The normalized spacial score (nSPS) is 13.6. The lowest BCUT2D eigenvalue weighted by Gasteiger charge is -2.25. The third-order valence-electron chi connectivity index (χ3n) is 4.85. The zero-order valence-electron chi connectivity index (χ0n) is 16.5. The second kappa shape index (κ2) is 8.62. The zero-order valence-corrected chi connectivity index (χ0v) is 17.3. The molecule has 0 saturated heterocycles. The van der Waals surface area contributed by atoms with Gasteiger partial charge in [0.2, 0.25) is 0 Å².